The van der Waals surface area contributed by atoms with Gasteiger partial charge < -0.3 is 0 Å². The summed E-state index contributed by atoms with van der Waals surface area (Å²) in [7, 11) is 0. The van der Waals surface area contributed by atoms with Crippen LogP contribution in [0.5, 0.6) is 0 Å². The zero-order chi connectivity index (χ0) is 14.1. The van der Waals surface area contributed by atoms with E-state index in [1.165, 1.54) is 8.47 Å². The summed E-state index contributed by atoms with van der Waals surface area (Å²) in [6.45, 7) is 0.424. The molecule has 0 fully saturated rings. The van der Waals surface area contributed by atoms with Gasteiger partial charge in [0.15, 0.2) is 0 Å². The average molecular weight is 377 g/mol. The fourth-order valence-electron chi connectivity index (χ4n) is 2.33. The summed E-state index contributed by atoms with van der Waals surface area (Å²) in [4.78, 5) is 25.7. The number of halogens is 1. The molecule has 20 heavy (non-hydrogen) atoms. The Morgan fingerprint density at radius 2 is 1.40 bits per heavy atom. The molecular weight excluding hydrogens is 365 g/mol. The zero-order valence-electron chi connectivity index (χ0n) is 10.7. The first kappa shape index (κ1) is 13.3. The Bertz CT molecular complexity index is 644. The quantitative estimate of drug-likeness (QED) is 0.609. The second-order valence-electron chi connectivity index (χ2n) is 4.68. The van der Waals surface area contributed by atoms with Crippen LogP contribution in [-0.2, 0) is 6.42 Å². The van der Waals surface area contributed by atoms with E-state index in [4.69, 9.17) is 0 Å². The van der Waals surface area contributed by atoms with Crippen LogP contribution in [0.25, 0.3) is 0 Å². The molecule has 0 saturated heterocycles. The van der Waals surface area contributed by atoms with E-state index in [0.717, 1.165) is 5.56 Å². The van der Waals surface area contributed by atoms with Gasteiger partial charge in [-0.25, -0.2) is 0 Å². The molecule has 0 bridgehead atoms. The molecule has 0 aliphatic carbocycles. The van der Waals surface area contributed by atoms with Gasteiger partial charge in [-0.05, 0) is 58.8 Å². The van der Waals surface area contributed by atoms with Crippen LogP contribution in [0, 0.1) is 3.57 Å². The van der Waals surface area contributed by atoms with Crippen molar-refractivity contribution in [1.29, 1.82) is 0 Å². The number of rotatable bonds is 3. The lowest BCUT2D eigenvalue weighted by Crippen LogP contribution is -2.31. The molecule has 2 amide bonds. The van der Waals surface area contributed by atoms with Crippen LogP contribution < -0.4 is 0 Å². The highest BCUT2D eigenvalue weighted by Gasteiger charge is 2.34. The molecule has 0 unspecified atom stereocenters. The topological polar surface area (TPSA) is 37.4 Å². The van der Waals surface area contributed by atoms with Crippen molar-refractivity contribution in [3.05, 3.63) is 68.8 Å². The molecule has 3 rings (SSSR count). The molecular formula is C16H12INO2. The van der Waals surface area contributed by atoms with Crippen molar-refractivity contribution >= 4 is 34.4 Å². The standard InChI is InChI=1S/C16H12INO2/c17-12-7-5-11(6-8-12)9-10-18-15(19)13-3-1-2-4-14(13)16(18)20/h1-8H,9-10H2. The summed E-state index contributed by atoms with van der Waals surface area (Å²) >= 11 is 2.25. The summed E-state index contributed by atoms with van der Waals surface area (Å²) in [6.07, 6.45) is 0.683. The molecule has 0 saturated carbocycles. The minimum atomic E-state index is -0.184. The van der Waals surface area contributed by atoms with E-state index in [-0.39, 0.29) is 11.8 Å². The molecule has 0 spiro atoms. The van der Waals surface area contributed by atoms with E-state index in [9.17, 15) is 9.59 Å². The van der Waals surface area contributed by atoms with Crippen LogP contribution in [0.3, 0.4) is 0 Å². The highest BCUT2D eigenvalue weighted by molar-refractivity contribution is 14.1. The Morgan fingerprint density at radius 1 is 0.850 bits per heavy atom. The van der Waals surface area contributed by atoms with Crippen molar-refractivity contribution in [3.8, 4) is 0 Å². The van der Waals surface area contributed by atoms with Gasteiger partial charge in [0.1, 0.15) is 0 Å². The number of carbonyl (C=O) groups is 2. The lowest BCUT2D eigenvalue weighted by Gasteiger charge is -2.13. The molecule has 0 atom stereocenters. The Labute approximate surface area is 130 Å². The monoisotopic (exact) mass is 377 g/mol. The van der Waals surface area contributed by atoms with E-state index in [1.807, 2.05) is 24.3 Å². The lowest BCUT2D eigenvalue weighted by atomic mass is 10.1. The van der Waals surface area contributed by atoms with E-state index in [2.05, 4.69) is 22.6 Å². The van der Waals surface area contributed by atoms with E-state index >= 15 is 0 Å². The first-order valence-electron chi connectivity index (χ1n) is 6.36. The number of benzene rings is 2. The first-order valence-corrected chi connectivity index (χ1v) is 7.44. The first-order chi connectivity index (χ1) is 9.66. The summed E-state index contributed by atoms with van der Waals surface area (Å²) in [5, 5.41) is 0. The maximum Gasteiger partial charge on any atom is 0.261 e. The van der Waals surface area contributed by atoms with Crippen molar-refractivity contribution in [2.45, 2.75) is 6.42 Å². The lowest BCUT2D eigenvalue weighted by molar-refractivity contribution is 0.0656. The van der Waals surface area contributed by atoms with Crippen LogP contribution in [-0.4, -0.2) is 23.3 Å². The third-order valence-corrected chi connectivity index (χ3v) is 4.13. The van der Waals surface area contributed by atoms with E-state index < -0.39 is 0 Å². The highest BCUT2D eigenvalue weighted by Crippen LogP contribution is 2.22. The molecule has 100 valence electrons. The smallest absolute Gasteiger partial charge is 0.261 e. The molecule has 4 heteroatoms. The summed E-state index contributed by atoms with van der Waals surface area (Å²) in [6, 6.07) is 15.1. The molecule has 2 aromatic rings. The van der Waals surface area contributed by atoms with Gasteiger partial charge in [0.25, 0.3) is 11.8 Å². The van der Waals surface area contributed by atoms with Gasteiger partial charge in [-0.15, -0.1) is 0 Å². The second-order valence-corrected chi connectivity index (χ2v) is 5.93. The molecule has 0 aromatic heterocycles. The number of nitrogens with zero attached hydrogens (tertiary/aromatic N) is 1. The van der Waals surface area contributed by atoms with Gasteiger partial charge >= 0.3 is 0 Å². The molecule has 0 radical (unpaired) electrons. The molecule has 1 heterocycles. The van der Waals surface area contributed by atoms with Gasteiger partial charge in [0.2, 0.25) is 0 Å². The van der Waals surface area contributed by atoms with Gasteiger partial charge in [-0.2, -0.15) is 0 Å². The Kier molecular flexibility index (Phi) is 3.56. The highest BCUT2D eigenvalue weighted by atomic mass is 127. The third kappa shape index (κ3) is 2.35. The van der Waals surface area contributed by atoms with Gasteiger partial charge in [-0.1, -0.05) is 24.3 Å². The summed E-state index contributed by atoms with van der Waals surface area (Å²) < 4.78 is 1.17. The predicted molar refractivity (Wildman–Crippen MR) is 84.7 cm³/mol. The Balaban J connectivity index is 1.75. The van der Waals surface area contributed by atoms with Crippen molar-refractivity contribution < 1.29 is 9.59 Å². The SMILES string of the molecule is O=C1c2ccccc2C(=O)N1CCc1ccc(I)cc1. The van der Waals surface area contributed by atoms with Gasteiger partial charge in [-0.3, -0.25) is 14.5 Å². The number of hydrogen-bond donors (Lipinski definition) is 0. The predicted octanol–water partition coefficient (Wildman–Crippen LogP) is 3.13. The second kappa shape index (κ2) is 5.36. The summed E-state index contributed by atoms with van der Waals surface area (Å²) in [5.41, 5.74) is 2.15. The number of fused-ring (bicyclic) bond motifs is 1. The number of carbonyl (C=O) groups excluding carboxylic acids is 2. The van der Waals surface area contributed by atoms with E-state index in [1.54, 1.807) is 24.3 Å². The van der Waals surface area contributed by atoms with Gasteiger partial charge in [0.05, 0.1) is 11.1 Å². The minimum Gasteiger partial charge on any atom is -0.274 e. The van der Waals surface area contributed by atoms with Crippen molar-refractivity contribution in [1.82, 2.24) is 4.90 Å². The number of hydrogen-bond acceptors (Lipinski definition) is 2. The average Bonchev–Trinajstić information content (AvgIpc) is 2.71. The molecule has 0 N–H and O–H groups in total. The normalized spacial score (nSPS) is 13.8. The molecule has 3 nitrogen and oxygen atoms in total. The molecule has 1 aliphatic rings. The number of amides is 2. The van der Waals surface area contributed by atoms with Crippen LogP contribution in [0.2, 0.25) is 0 Å². The fourth-order valence-corrected chi connectivity index (χ4v) is 2.69. The number of imide groups is 1. The van der Waals surface area contributed by atoms with Crippen molar-refractivity contribution in [2.24, 2.45) is 0 Å². The Morgan fingerprint density at radius 3 is 1.95 bits per heavy atom. The third-order valence-electron chi connectivity index (χ3n) is 3.42. The molecule has 2 aromatic carbocycles. The van der Waals surface area contributed by atoms with Crippen LogP contribution >= 0.6 is 22.6 Å². The van der Waals surface area contributed by atoms with Crippen LogP contribution in [0.4, 0.5) is 0 Å². The van der Waals surface area contributed by atoms with Crippen molar-refractivity contribution in [2.75, 3.05) is 6.54 Å². The maximum absolute atomic E-state index is 12.2. The maximum atomic E-state index is 12.2. The van der Waals surface area contributed by atoms with Gasteiger partial charge in [0, 0.05) is 10.1 Å². The largest absolute Gasteiger partial charge is 0.274 e. The van der Waals surface area contributed by atoms with Crippen LogP contribution in [0.15, 0.2) is 48.5 Å². The minimum absolute atomic E-state index is 0.184. The summed E-state index contributed by atoms with van der Waals surface area (Å²) in [5.74, 6) is -0.368. The van der Waals surface area contributed by atoms with Crippen molar-refractivity contribution in [3.63, 3.8) is 0 Å². The Hall–Kier alpha value is -1.69. The molecule has 1 aliphatic heterocycles. The van der Waals surface area contributed by atoms with E-state index in [0.29, 0.717) is 24.1 Å². The van der Waals surface area contributed by atoms with Crippen LogP contribution in [0.1, 0.15) is 26.3 Å². The fraction of sp³-hybridized carbons (Fsp3) is 0.125. The zero-order valence-corrected chi connectivity index (χ0v) is 12.8.